The normalized spacial score (nSPS) is 17.8. The summed E-state index contributed by atoms with van der Waals surface area (Å²) >= 11 is 0. The van der Waals surface area contributed by atoms with Gasteiger partial charge in [0.1, 0.15) is 5.75 Å². The van der Waals surface area contributed by atoms with Crippen molar-refractivity contribution >= 4 is 34.8 Å². The van der Waals surface area contributed by atoms with Crippen LogP contribution in [0.5, 0.6) is 5.75 Å². The highest BCUT2D eigenvalue weighted by Gasteiger charge is 2.52. The summed E-state index contributed by atoms with van der Waals surface area (Å²) in [7, 11) is 1.52. The molecule has 6 rings (SSSR count). The molecule has 2 N–H and O–H groups in total. The van der Waals surface area contributed by atoms with Crippen molar-refractivity contribution in [2.75, 3.05) is 30.2 Å². The number of amides is 3. The van der Waals surface area contributed by atoms with Crippen LogP contribution in [-0.4, -0.2) is 58.8 Å². The molecule has 0 unspecified atom stereocenters. The fourth-order valence-electron chi connectivity index (χ4n) is 6.63. The zero-order chi connectivity index (χ0) is 36.0. The summed E-state index contributed by atoms with van der Waals surface area (Å²) < 4.78 is 5.47. The van der Waals surface area contributed by atoms with Gasteiger partial charge in [0.15, 0.2) is 5.60 Å². The molecule has 0 bridgehead atoms. The first kappa shape index (κ1) is 35.3. The number of aliphatic hydroxyl groups is 2. The van der Waals surface area contributed by atoms with E-state index in [4.69, 9.17) is 9.84 Å². The Hall–Kier alpha value is -5.58. The number of carbonyl (C=O) groups is 3. The van der Waals surface area contributed by atoms with E-state index in [1.165, 1.54) is 12.1 Å². The van der Waals surface area contributed by atoms with Gasteiger partial charge in [-0.15, -0.1) is 0 Å². The van der Waals surface area contributed by atoms with Crippen LogP contribution >= 0.6 is 0 Å². The number of hydrogen-bond donors (Lipinski definition) is 2. The maximum atomic E-state index is 14.3. The van der Waals surface area contributed by atoms with Crippen LogP contribution in [0.4, 0.5) is 11.4 Å². The first-order valence-corrected chi connectivity index (χ1v) is 17.1. The topological polar surface area (TPSA) is 123 Å². The summed E-state index contributed by atoms with van der Waals surface area (Å²) in [6.45, 7) is 2.26. The van der Waals surface area contributed by atoms with E-state index in [0.29, 0.717) is 42.1 Å². The van der Waals surface area contributed by atoms with Crippen LogP contribution in [0.1, 0.15) is 48.4 Å². The lowest BCUT2D eigenvalue weighted by Crippen LogP contribution is -2.44. The number of rotatable bonds is 13. The van der Waals surface area contributed by atoms with Gasteiger partial charge in [0, 0.05) is 43.8 Å². The predicted octanol–water partition coefficient (Wildman–Crippen LogP) is 5.56. The molecule has 0 aromatic heterocycles. The average molecular weight is 687 g/mol. The van der Waals surface area contributed by atoms with Gasteiger partial charge in [-0.3, -0.25) is 14.4 Å². The van der Waals surface area contributed by atoms with E-state index in [1.54, 1.807) is 47.1 Å². The van der Waals surface area contributed by atoms with Crippen molar-refractivity contribution in [2.24, 2.45) is 11.0 Å². The summed E-state index contributed by atoms with van der Waals surface area (Å²) in [5.41, 5.74) is 3.08. The van der Waals surface area contributed by atoms with Gasteiger partial charge in [-0.1, -0.05) is 91.9 Å². The number of anilines is 2. The maximum absolute atomic E-state index is 14.3. The third-order valence-corrected chi connectivity index (χ3v) is 9.43. The Morgan fingerprint density at radius 2 is 1.69 bits per heavy atom. The Morgan fingerprint density at radius 3 is 2.41 bits per heavy atom. The highest BCUT2D eigenvalue weighted by molar-refractivity contribution is 6.09. The second-order valence-electron chi connectivity index (χ2n) is 12.8. The molecule has 51 heavy (non-hydrogen) atoms. The smallest absolute Gasteiger partial charge is 0.264 e. The minimum Gasteiger partial charge on any atom is -0.497 e. The first-order chi connectivity index (χ1) is 24.7. The Bertz CT molecular complexity index is 1950. The zero-order valence-corrected chi connectivity index (χ0v) is 28.8. The van der Waals surface area contributed by atoms with Crippen LogP contribution in [-0.2, 0) is 33.1 Å². The van der Waals surface area contributed by atoms with Crippen molar-refractivity contribution in [3.8, 4) is 5.75 Å². The van der Waals surface area contributed by atoms with E-state index in [2.05, 4.69) is 0 Å². The second kappa shape index (κ2) is 15.5. The van der Waals surface area contributed by atoms with Crippen LogP contribution in [0.3, 0.4) is 0 Å². The highest BCUT2D eigenvalue weighted by Crippen LogP contribution is 2.47. The molecule has 0 saturated carbocycles. The number of hydrazone groups is 1. The molecule has 0 spiro atoms. The largest absolute Gasteiger partial charge is 0.497 e. The van der Waals surface area contributed by atoms with E-state index in [9.17, 15) is 24.6 Å². The summed E-state index contributed by atoms with van der Waals surface area (Å²) in [5, 5.41) is 27.9. The van der Waals surface area contributed by atoms with Gasteiger partial charge < -0.3 is 24.7 Å². The molecule has 262 valence electrons. The number of ether oxygens (including phenoxy) is 1. The van der Waals surface area contributed by atoms with E-state index in [-0.39, 0.29) is 37.9 Å². The number of carbonyl (C=O) groups excluding carboxylic acids is 3. The first-order valence-electron chi connectivity index (χ1n) is 17.1. The molecule has 10 nitrogen and oxygen atoms in total. The number of hydrogen-bond acceptors (Lipinski definition) is 7. The minimum atomic E-state index is -1.94. The van der Waals surface area contributed by atoms with E-state index >= 15 is 0 Å². The molecule has 10 heteroatoms. The molecule has 4 aromatic carbocycles. The van der Waals surface area contributed by atoms with Gasteiger partial charge in [-0.25, -0.2) is 5.01 Å². The van der Waals surface area contributed by atoms with Gasteiger partial charge in [0.2, 0.25) is 11.8 Å². The third kappa shape index (κ3) is 7.47. The summed E-state index contributed by atoms with van der Waals surface area (Å²) in [6, 6.07) is 31.8. The molecule has 4 aromatic rings. The minimum absolute atomic E-state index is 0.0343. The maximum Gasteiger partial charge on any atom is 0.264 e. The third-order valence-electron chi connectivity index (χ3n) is 9.43. The van der Waals surface area contributed by atoms with Crippen molar-refractivity contribution < 1.29 is 29.3 Å². The van der Waals surface area contributed by atoms with Crippen LogP contribution in [0.15, 0.2) is 120 Å². The van der Waals surface area contributed by atoms with E-state index < -0.39 is 17.4 Å². The number of aliphatic hydroxyl groups excluding tert-OH is 1. The van der Waals surface area contributed by atoms with Crippen molar-refractivity contribution in [1.82, 2.24) is 4.90 Å². The standard InChI is InChI=1S/C41H42N4O6/c1-29(11-9-18-38(47)43(23-24-46)27-30-12-5-3-6-13-30)41(50)35-26-34(51-2)19-21-37(35)44(40(41)49)28-31-14-10-17-33(25-31)45-39(48)22-20-36(42-45)32-15-7-4-8-16-32/h3-17,19,21,25-26,29,46,50H,18,20,22-24,27-28H2,1-2H3/b11-9+/t29-,41+/m0/s1. The lowest BCUT2D eigenvalue weighted by atomic mass is 9.83. The lowest BCUT2D eigenvalue weighted by molar-refractivity contribution is -0.139. The quantitative estimate of drug-likeness (QED) is 0.178. The van der Waals surface area contributed by atoms with Crippen molar-refractivity contribution in [2.45, 2.75) is 44.9 Å². The Kier molecular flexibility index (Phi) is 10.7. The Labute approximate surface area is 297 Å². The van der Waals surface area contributed by atoms with Crippen molar-refractivity contribution in [3.05, 3.63) is 138 Å². The predicted molar refractivity (Wildman–Crippen MR) is 196 cm³/mol. The molecular weight excluding hydrogens is 644 g/mol. The van der Waals surface area contributed by atoms with Gasteiger partial charge in [0.05, 0.1) is 37.3 Å². The number of fused-ring (bicyclic) bond motifs is 1. The van der Waals surface area contributed by atoms with Crippen molar-refractivity contribution in [1.29, 1.82) is 0 Å². The molecule has 0 radical (unpaired) electrons. The Balaban J connectivity index is 1.22. The highest BCUT2D eigenvalue weighted by atomic mass is 16.5. The molecule has 0 fully saturated rings. The van der Waals surface area contributed by atoms with Crippen LogP contribution in [0, 0.1) is 5.92 Å². The fraction of sp³-hybridized carbons (Fsp3) is 0.268. The monoisotopic (exact) mass is 686 g/mol. The SMILES string of the molecule is COc1ccc2c(c1)[C@](O)([C@@H](C)/C=C/CC(=O)N(CCO)Cc1ccccc1)C(=O)N2Cc1cccc(N2N=C(c3ccccc3)CCC2=O)c1. The fourth-order valence-corrected chi connectivity index (χ4v) is 6.63. The lowest BCUT2D eigenvalue weighted by Gasteiger charge is -2.28. The molecule has 0 aliphatic carbocycles. The van der Waals surface area contributed by atoms with Crippen LogP contribution in [0.25, 0.3) is 0 Å². The summed E-state index contributed by atoms with van der Waals surface area (Å²) in [6.07, 6.45) is 4.27. The molecule has 3 amide bonds. The van der Waals surface area contributed by atoms with Crippen LogP contribution < -0.4 is 14.6 Å². The van der Waals surface area contributed by atoms with Crippen LogP contribution in [0.2, 0.25) is 0 Å². The van der Waals surface area contributed by atoms with Gasteiger partial charge in [-0.05, 0) is 47.0 Å². The van der Waals surface area contributed by atoms with Gasteiger partial charge in [-0.2, -0.15) is 5.10 Å². The van der Waals surface area contributed by atoms with Crippen molar-refractivity contribution in [3.63, 3.8) is 0 Å². The molecule has 0 saturated heterocycles. The van der Waals surface area contributed by atoms with Gasteiger partial charge >= 0.3 is 0 Å². The Morgan fingerprint density at radius 1 is 0.961 bits per heavy atom. The average Bonchev–Trinajstić information content (AvgIpc) is 3.37. The molecule has 2 aliphatic heterocycles. The molecule has 2 aliphatic rings. The molecule has 2 heterocycles. The molecule has 2 atom stereocenters. The zero-order valence-electron chi connectivity index (χ0n) is 28.8. The second-order valence-corrected chi connectivity index (χ2v) is 12.8. The number of nitrogens with zero attached hydrogens (tertiary/aromatic N) is 4. The van der Waals surface area contributed by atoms with E-state index in [0.717, 1.165) is 22.4 Å². The van der Waals surface area contributed by atoms with Gasteiger partial charge in [0.25, 0.3) is 5.91 Å². The number of methoxy groups -OCH3 is 1. The summed E-state index contributed by atoms with van der Waals surface area (Å²) in [4.78, 5) is 43.6. The van der Waals surface area contributed by atoms with E-state index in [1.807, 2.05) is 84.9 Å². The molecular formula is C41H42N4O6. The number of benzene rings is 4. The summed E-state index contributed by atoms with van der Waals surface area (Å²) in [5.74, 6) is -1.03.